The van der Waals surface area contributed by atoms with E-state index in [1.165, 1.54) is 6.07 Å². The molecule has 5 nitrogen and oxygen atoms in total. The summed E-state index contributed by atoms with van der Waals surface area (Å²) in [7, 11) is 0. The lowest BCUT2D eigenvalue weighted by Crippen LogP contribution is -2.48. The van der Waals surface area contributed by atoms with Crippen LogP contribution in [0, 0.1) is 11.6 Å². The molecule has 0 radical (unpaired) electrons. The van der Waals surface area contributed by atoms with Crippen LogP contribution in [-0.4, -0.2) is 41.9 Å². The minimum Gasteiger partial charge on any atom is -0.484 e. The Morgan fingerprint density at radius 1 is 1.00 bits per heavy atom. The second-order valence-corrected chi connectivity index (χ2v) is 8.12. The van der Waals surface area contributed by atoms with Crippen molar-refractivity contribution in [2.24, 2.45) is 0 Å². The molecule has 1 aliphatic rings. The standard InChI is InChI=1S/C23H21BrF2N2O3/c24-18-5-1-2-7-20(18)30-15-17-8-9-21(31-17)23(29)28-12-10-27(11-13-28)14-16-4-3-6-19(25)22(16)26/h1-9H,10-15H2. The molecule has 1 aliphatic heterocycles. The number of furan rings is 1. The summed E-state index contributed by atoms with van der Waals surface area (Å²) in [5, 5.41) is 0. The number of carbonyl (C=O) groups excluding carboxylic acids is 1. The Bertz CT molecular complexity index is 1060. The van der Waals surface area contributed by atoms with Crippen LogP contribution in [-0.2, 0) is 13.2 Å². The molecule has 0 bridgehead atoms. The van der Waals surface area contributed by atoms with E-state index >= 15 is 0 Å². The Labute approximate surface area is 187 Å². The molecule has 1 saturated heterocycles. The molecule has 2 heterocycles. The summed E-state index contributed by atoms with van der Waals surface area (Å²) in [5.74, 6) is -0.339. The largest absolute Gasteiger partial charge is 0.484 e. The Balaban J connectivity index is 1.30. The van der Waals surface area contributed by atoms with E-state index in [9.17, 15) is 13.6 Å². The van der Waals surface area contributed by atoms with Crippen molar-refractivity contribution in [2.45, 2.75) is 13.2 Å². The van der Waals surface area contributed by atoms with Gasteiger partial charge in [0.1, 0.15) is 18.1 Å². The molecule has 2 aromatic carbocycles. The summed E-state index contributed by atoms with van der Waals surface area (Å²) in [5.41, 5.74) is 0.320. The number of ether oxygens (including phenoxy) is 1. The highest BCUT2D eigenvalue weighted by molar-refractivity contribution is 9.10. The Kier molecular flexibility index (Phi) is 6.67. The van der Waals surface area contributed by atoms with Gasteiger partial charge in [-0.05, 0) is 46.3 Å². The zero-order chi connectivity index (χ0) is 21.8. The summed E-state index contributed by atoms with van der Waals surface area (Å²) in [4.78, 5) is 16.5. The maximum Gasteiger partial charge on any atom is 0.289 e. The van der Waals surface area contributed by atoms with Crippen molar-refractivity contribution in [3.05, 3.63) is 87.8 Å². The zero-order valence-electron chi connectivity index (χ0n) is 16.7. The molecule has 0 saturated carbocycles. The van der Waals surface area contributed by atoms with Crippen molar-refractivity contribution in [3.63, 3.8) is 0 Å². The number of nitrogens with zero attached hydrogens (tertiary/aromatic N) is 2. The molecule has 1 fully saturated rings. The molecule has 31 heavy (non-hydrogen) atoms. The maximum absolute atomic E-state index is 13.9. The van der Waals surface area contributed by atoms with Crippen molar-refractivity contribution < 1.29 is 22.7 Å². The van der Waals surface area contributed by atoms with Crippen LogP contribution in [0.15, 0.2) is 63.5 Å². The van der Waals surface area contributed by atoms with Crippen molar-refractivity contribution in [3.8, 4) is 5.75 Å². The topological polar surface area (TPSA) is 45.9 Å². The predicted molar refractivity (Wildman–Crippen MR) is 115 cm³/mol. The normalized spacial score (nSPS) is 14.6. The van der Waals surface area contributed by atoms with Gasteiger partial charge in [-0.15, -0.1) is 0 Å². The van der Waals surface area contributed by atoms with Crippen LogP contribution in [0.5, 0.6) is 5.75 Å². The number of rotatable bonds is 6. The van der Waals surface area contributed by atoms with E-state index in [0.29, 0.717) is 49.8 Å². The zero-order valence-corrected chi connectivity index (χ0v) is 18.3. The SMILES string of the molecule is O=C(c1ccc(COc2ccccc2Br)o1)N1CCN(Cc2cccc(F)c2F)CC1. The third kappa shape index (κ3) is 5.14. The van der Waals surface area contributed by atoms with Crippen molar-refractivity contribution in [2.75, 3.05) is 26.2 Å². The lowest BCUT2D eigenvalue weighted by Gasteiger charge is -2.34. The number of benzene rings is 2. The van der Waals surface area contributed by atoms with Crippen molar-refractivity contribution in [1.29, 1.82) is 0 Å². The molecule has 0 aliphatic carbocycles. The van der Waals surface area contributed by atoms with Gasteiger partial charge in [0.2, 0.25) is 0 Å². The number of piperazine rings is 1. The van der Waals surface area contributed by atoms with E-state index in [-0.39, 0.29) is 18.3 Å². The number of amides is 1. The average molecular weight is 491 g/mol. The smallest absolute Gasteiger partial charge is 0.289 e. The fraction of sp³-hybridized carbons (Fsp3) is 0.261. The fourth-order valence-electron chi connectivity index (χ4n) is 3.46. The van der Waals surface area contributed by atoms with Crippen LogP contribution >= 0.6 is 15.9 Å². The molecule has 0 N–H and O–H groups in total. The number of hydrogen-bond donors (Lipinski definition) is 0. The summed E-state index contributed by atoms with van der Waals surface area (Å²) in [6.45, 7) is 2.63. The van der Waals surface area contributed by atoms with Gasteiger partial charge in [0.25, 0.3) is 5.91 Å². The Hall–Kier alpha value is -2.71. The Morgan fingerprint density at radius 2 is 1.77 bits per heavy atom. The van der Waals surface area contributed by atoms with E-state index in [1.807, 2.05) is 29.2 Å². The lowest BCUT2D eigenvalue weighted by atomic mass is 10.1. The monoisotopic (exact) mass is 490 g/mol. The average Bonchev–Trinajstić information content (AvgIpc) is 3.25. The van der Waals surface area contributed by atoms with E-state index in [2.05, 4.69) is 15.9 Å². The van der Waals surface area contributed by atoms with Gasteiger partial charge in [-0.3, -0.25) is 9.69 Å². The van der Waals surface area contributed by atoms with Gasteiger partial charge in [-0.25, -0.2) is 8.78 Å². The summed E-state index contributed by atoms with van der Waals surface area (Å²) >= 11 is 3.42. The van der Waals surface area contributed by atoms with Gasteiger partial charge >= 0.3 is 0 Å². The molecule has 0 unspecified atom stereocenters. The van der Waals surface area contributed by atoms with Gasteiger partial charge in [-0.2, -0.15) is 0 Å². The Morgan fingerprint density at radius 3 is 2.55 bits per heavy atom. The van der Waals surface area contributed by atoms with Crippen LogP contribution in [0.2, 0.25) is 0 Å². The quantitative estimate of drug-likeness (QED) is 0.495. The first-order chi connectivity index (χ1) is 15.0. The predicted octanol–water partition coefficient (Wildman–Crippen LogP) is 4.86. The maximum atomic E-state index is 13.9. The first-order valence-corrected chi connectivity index (χ1v) is 10.7. The molecule has 1 amide bonds. The summed E-state index contributed by atoms with van der Waals surface area (Å²) < 4.78 is 39.5. The first-order valence-electron chi connectivity index (χ1n) is 9.92. The molecular formula is C23H21BrF2N2O3. The van der Waals surface area contributed by atoms with E-state index in [4.69, 9.17) is 9.15 Å². The molecular weight excluding hydrogens is 470 g/mol. The second-order valence-electron chi connectivity index (χ2n) is 7.27. The van der Waals surface area contributed by atoms with E-state index in [0.717, 1.165) is 10.5 Å². The highest BCUT2D eigenvalue weighted by atomic mass is 79.9. The third-order valence-corrected chi connectivity index (χ3v) is 5.82. The molecule has 3 aromatic rings. The molecule has 162 valence electrons. The molecule has 4 rings (SSSR count). The first kappa shape index (κ1) is 21.5. The lowest BCUT2D eigenvalue weighted by molar-refractivity contribution is 0.0592. The highest BCUT2D eigenvalue weighted by Gasteiger charge is 2.25. The van der Waals surface area contributed by atoms with Crippen LogP contribution in [0.3, 0.4) is 0 Å². The summed E-state index contributed by atoms with van der Waals surface area (Å²) in [6, 6.07) is 15.1. The minimum atomic E-state index is -0.844. The third-order valence-electron chi connectivity index (χ3n) is 5.16. The van der Waals surface area contributed by atoms with Crippen LogP contribution in [0.25, 0.3) is 0 Å². The van der Waals surface area contributed by atoms with Gasteiger partial charge in [0, 0.05) is 38.3 Å². The summed E-state index contributed by atoms with van der Waals surface area (Å²) in [6.07, 6.45) is 0. The van der Waals surface area contributed by atoms with Gasteiger partial charge in [-0.1, -0.05) is 24.3 Å². The van der Waals surface area contributed by atoms with Gasteiger partial charge in [0.05, 0.1) is 4.47 Å². The number of halogens is 3. The van der Waals surface area contributed by atoms with Crippen molar-refractivity contribution >= 4 is 21.8 Å². The van der Waals surface area contributed by atoms with Gasteiger partial charge < -0.3 is 14.1 Å². The van der Waals surface area contributed by atoms with Gasteiger partial charge in [0.15, 0.2) is 17.4 Å². The molecule has 1 aromatic heterocycles. The second kappa shape index (κ2) is 9.62. The van der Waals surface area contributed by atoms with E-state index < -0.39 is 11.6 Å². The minimum absolute atomic E-state index is 0.191. The van der Waals surface area contributed by atoms with Crippen molar-refractivity contribution in [1.82, 2.24) is 9.80 Å². The number of para-hydroxylation sites is 1. The number of hydrogen-bond acceptors (Lipinski definition) is 4. The molecule has 8 heteroatoms. The van der Waals surface area contributed by atoms with E-state index in [1.54, 1.807) is 23.1 Å². The van der Waals surface area contributed by atoms with Crippen LogP contribution in [0.4, 0.5) is 8.78 Å². The highest BCUT2D eigenvalue weighted by Crippen LogP contribution is 2.25. The molecule has 0 atom stereocenters. The van der Waals surface area contributed by atoms with Crippen LogP contribution < -0.4 is 4.74 Å². The van der Waals surface area contributed by atoms with Crippen LogP contribution in [0.1, 0.15) is 21.9 Å². The fourth-order valence-corrected chi connectivity index (χ4v) is 3.86. The molecule has 0 spiro atoms. The number of carbonyl (C=O) groups is 1.